The molecule has 0 aliphatic heterocycles. The molecule has 0 atom stereocenters. The van der Waals surface area contributed by atoms with Gasteiger partial charge in [-0.2, -0.15) is 0 Å². The molecule has 0 aromatic heterocycles. The molecule has 2 aromatic carbocycles. The lowest BCUT2D eigenvalue weighted by molar-refractivity contribution is -0.118. The molecule has 5 nitrogen and oxygen atoms in total. The number of carbonyl (C=O) groups is 1. The molecule has 0 radical (unpaired) electrons. The van der Waals surface area contributed by atoms with Gasteiger partial charge in [-0.1, -0.05) is 31.2 Å². The minimum atomic E-state index is -3.54. The maximum absolute atomic E-state index is 12.5. The van der Waals surface area contributed by atoms with Crippen molar-refractivity contribution in [1.29, 1.82) is 0 Å². The second kappa shape index (κ2) is 6.06. The molecule has 6 heteroatoms. The zero-order valence-corrected chi connectivity index (χ0v) is 14.0. The van der Waals surface area contributed by atoms with Gasteiger partial charge in [-0.15, -0.1) is 0 Å². The van der Waals surface area contributed by atoms with Gasteiger partial charge < -0.3 is 4.90 Å². The Labute approximate surface area is 131 Å². The first-order chi connectivity index (χ1) is 10.3. The Morgan fingerprint density at radius 1 is 1.00 bits per heavy atom. The van der Waals surface area contributed by atoms with E-state index in [4.69, 9.17) is 0 Å². The number of rotatable bonds is 4. The first kappa shape index (κ1) is 16.5. The summed E-state index contributed by atoms with van der Waals surface area (Å²) in [5.74, 6) is -0.0200. The molecule has 0 saturated heterocycles. The lowest BCUT2D eigenvalue weighted by Gasteiger charge is -2.21. The number of nitrogens with zero attached hydrogens (tertiary/aromatic N) is 2. The molecule has 0 spiro atoms. The number of amides is 1. The summed E-state index contributed by atoms with van der Waals surface area (Å²) in [5.41, 5.74) is 0.708. The maximum atomic E-state index is 12.5. The third-order valence-corrected chi connectivity index (χ3v) is 5.53. The minimum absolute atomic E-state index is 0.0200. The normalized spacial score (nSPS) is 11.9. The van der Waals surface area contributed by atoms with Crippen molar-refractivity contribution in [2.75, 3.05) is 26.0 Å². The predicted octanol–water partition coefficient (Wildman–Crippen LogP) is 2.46. The molecular weight excluding hydrogens is 300 g/mol. The molecule has 0 aliphatic rings. The highest BCUT2D eigenvalue weighted by Crippen LogP contribution is 2.32. The molecule has 0 unspecified atom stereocenters. The van der Waals surface area contributed by atoms with Gasteiger partial charge in [0.05, 0.1) is 10.6 Å². The van der Waals surface area contributed by atoms with Gasteiger partial charge in [-0.3, -0.25) is 4.79 Å². The molecule has 118 valence electrons. The fraction of sp³-hybridized carbons (Fsp3) is 0.312. The minimum Gasteiger partial charge on any atom is -0.315 e. The van der Waals surface area contributed by atoms with Crippen molar-refractivity contribution in [3.8, 4) is 0 Å². The molecule has 0 aliphatic carbocycles. The number of sulfonamides is 1. The number of fused-ring (bicyclic) bond motifs is 1. The molecule has 2 aromatic rings. The Balaban J connectivity index is 2.75. The average Bonchev–Trinajstić information content (AvgIpc) is 2.52. The molecule has 0 heterocycles. The quantitative estimate of drug-likeness (QED) is 0.869. The van der Waals surface area contributed by atoms with E-state index in [0.29, 0.717) is 17.5 Å². The monoisotopic (exact) mass is 320 g/mol. The van der Waals surface area contributed by atoms with Crippen molar-refractivity contribution in [1.82, 2.24) is 4.31 Å². The van der Waals surface area contributed by atoms with Crippen LogP contribution >= 0.6 is 0 Å². The molecule has 22 heavy (non-hydrogen) atoms. The summed E-state index contributed by atoms with van der Waals surface area (Å²) < 4.78 is 26.1. The lowest BCUT2D eigenvalue weighted by atomic mass is 10.1. The lowest BCUT2D eigenvalue weighted by Crippen LogP contribution is -2.26. The number of benzene rings is 2. The van der Waals surface area contributed by atoms with Crippen LogP contribution in [-0.2, 0) is 14.8 Å². The first-order valence-electron chi connectivity index (χ1n) is 7.01. The van der Waals surface area contributed by atoms with Crippen LogP contribution < -0.4 is 4.90 Å². The summed E-state index contributed by atoms with van der Waals surface area (Å²) in [5, 5.41) is 1.36. The largest absolute Gasteiger partial charge is 0.315 e. The molecular formula is C16H20N2O3S. The molecule has 0 N–H and O–H groups in total. The van der Waals surface area contributed by atoms with Gasteiger partial charge in [-0.05, 0) is 12.1 Å². The van der Waals surface area contributed by atoms with Crippen LogP contribution in [0.3, 0.4) is 0 Å². The van der Waals surface area contributed by atoms with Crippen LogP contribution in [0.5, 0.6) is 0 Å². The maximum Gasteiger partial charge on any atom is 0.243 e. The van der Waals surface area contributed by atoms with Gasteiger partial charge in [0.2, 0.25) is 15.9 Å². The van der Waals surface area contributed by atoms with Crippen molar-refractivity contribution in [2.24, 2.45) is 0 Å². The van der Waals surface area contributed by atoms with Gasteiger partial charge in [0, 0.05) is 38.3 Å². The van der Waals surface area contributed by atoms with E-state index in [1.807, 2.05) is 12.1 Å². The first-order valence-corrected chi connectivity index (χ1v) is 8.45. The van der Waals surface area contributed by atoms with Crippen LogP contribution in [0, 0.1) is 0 Å². The Morgan fingerprint density at radius 2 is 1.59 bits per heavy atom. The summed E-state index contributed by atoms with van der Waals surface area (Å²) in [6.45, 7) is 1.80. The number of carbonyl (C=O) groups excluding carboxylic acids is 1. The van der Waals surface area contributed by atoms with Crippen molar-refractivity contribution >= 4 is 32.4 Å². The van der Waals surface area contributed by atoms with E-state index in [2.05, 4.69) is 0 Å². The summed E-state index contributed by atoms with van der Waals surface area (Å²) in [7, 11) is 1.17. The zero-order valence-electron chi connectivity index (χ0n) is 13.2. The summed E-state index contributed by atoms with van der Waals surface area (Å²) in [6, 6.07) is 10.5. The van der Waals surface area contributed by atoms with Crippen molar-refractivity contribution in [2.45, 2.75) is 18.2 Å². The van der Waals surface area contributed by atoms with Crippen molar-refractivity contribution in [3.05, 3.63) is 36.4 Å². The summed E-state index contributed by atoms with van der Waals surface area (Å²) in [4.78, 5) is 13.8. The Kier molecular flexibility index (Phi) is 4.53. The summed E-state index contributed by atoms with van der Waals surface area (Å²) >= 11 is 0. The van der Waals surface area contributed by atoms with Gasteiger partial charge in [0.1, 0.15) is 0 Å². The second-order valence-corrected chi connectivity index (χ2v) is 7.34. The third kappa shape index (κ3) is 2.71. The predicted molar refractivity (Wildman–Crippen MR) is 88.5 cm³/mol. The third-order valence-electron chi connectivity index (χ3n) is 3.66. The highest BCUT2D eigenvalue weighted by molar-refractivity contribution is 7.89. The highest BCUT2D eigenvalue weighted by atomic mass is 32.2. The fourth-order valence-corrected chi connectivity index (χ4v) is 3.43. The SMILES string of the molecule is CCC(=O)N(C)c1ccc(S(=O)(=O)N(C)C)c2ccccc12. The Bertz CT molecular complexity index is 813. The molecule has 1 amide bonds. The van der Waals surface area contributed by atoms with Gasteiger partial charge in [0.15, 0.2) is 0 Å². The zero-order chi connectivity index (χ0) is 16.5. The summed E-state index contributed by atoms with van der Waals surface area (Å²) in [6.07, 6.45) is 0.391. The smallest absolute Gasteiger partial charge is 0.243 e. The topological polar surface area (TPSA) is 57.7 Å². The van der Waals surface area contributed by atoms with E-state index in [-0.39, 0.29) is 10.8 Å². The van der Waals surface area contributed by atoms with E-state index in [1.54, 1.807) is 43.1 Å². The molecule has 0 bridgehead atoms. The van der Waals surface area contributed by atoms with Crippen LogP contribution in [0.25, 0.3) is 10.8 Å². The van der Waals surface area contributed by atoms with Crippen LogP contribution in [0.1, 0.15) is 13.3 Å². The van der Waals surface area contributed by atoms with Crippen LogP contribution in [-0.4, -0.2) is 39.8 Å². The number of hydrogen-bond acceptors (Lipinski definition) is 3. The molecule has 0 fully saturated rings. The van der Waals surface area contributed by atoms with Crippen LogP contribution in [0.2, 0.25) is 0 Å². The van der Waals surface area contributed by atoms with Crippen LogP contribution in [0.4, 0.5) is 5.69 Å². The van der Waals surface area contributed by atoms with E-state index in [0.717, 1.165) is 5.39 Å². The Hall–Kier alpha value is -1.92. The number of hydrogen-bond donors (Lipinski definition) is 0. The van der Waals surface area contributed by atoms with Gasteiger partial charge in [0.25, 0.3) is 0 Å². The second-order valence-electron chi connectivity index (χ2n) is 5.22. The van der Waals surface area contributed by atoms with Crippen molar-refractivity contribution in [3.63, 3.8) is 0 Å². The van der Waals surface area contributed by atoms with Crippen molar-refractivity contribution < 1.29 is 13.2 Å². The Morgan fingerprint density at radius 3 is 2.14 bits per heavy atom. The average molecular weight is 320 g/mol. The van der Waals surface area contributed by atoms with Crippen LogP contribution in [0.15, 0.2) is 41.3 Å². The molecule has 2 rings (SSSR count). The van der Waals surface area contributed by atoms with Gasteiger partial charge in [-0.25, -0.2) is 12.7 Å². The van der Waals surface area contributed by atoms with E-state index >= 15 is 0 Å². The standard InChI is InChI=1S/C16H20N2O3S/c1-5-16(19)18(4)14-10-11-15(22(20,21)17(2)3)13-9-7-6-8-12(13)14/h6-11H,5H2,1-4H3. The number of anilines is 1. The van der Waals surface area contributed by atoms with Gasteiger partial charge >= 0.3 is 0 Å². The van der Waals surface area contributed by atoms with E-state index in [9.17, 15) is 13.2 Å². The molecule has 0 saturated carbocycles. The van der Waals surface area contributed by atoms with E-state index in [1.165, 1.54) is 18.4 Å². The van der Waals surface area contributed by atoms with E-state index < -0.39 is 10.0 Å². The highest BCUT2D eigenvalue weighted by Gasteiger charge is 2.22. The fourth-order valence-electron chi connectivity index (χ4n) is 2.34.